The Hall–Kier alpha value is -2.18. The zero-order chi connectivity index (χ0) is 47.4. The van der Waals surface area contributed by atoms with Crippen molar-refractivity contribution in [2.45, 2.75) is 309 Å². The van der Waals surface area contributed by atoms with Crippen LogP contribution in [0, 0.1) is 0 Å². The molecule has 0 saturated carbocycles. The molecule has 0 radical (unpaired) electrons. The smallest absolute Gasteiger partial charge is 0.306 e. The number of hydrogen-bond donors (Lipinski definition) is 3. The zero-order valence-corrected chi connectivity index (χ0v) is 43.4. The molecule has 0 aliphatic rings. The number of carbonyl (C=O) groups is 2. The third kappa shape index (κ3) is 48.1. The van der Waals surface area contributed by atoms with Crippen molar-refractivity contribution < 1.29 is 24.5 Å². The normalized spacial score (nSPS) is 13.5. The van der Waals surface area contributed by atoms with Gasteiger partial charge in [-0.15, -0.1) is 0 Å². The van der Waals surface area contributed by atoms with Gasteiger partial charge in [0.15, 0.2) is 0 Å². The van der Waals surface area contributed by atoms with Crippen LogP contribution in [0.15, 0.2) is 48.6 Å². The molecule has 0 aromatic rings. The summed E-state index contributed by atoms with van der Waals surface area (Å²) in [6.45, 7) is 6.36. The van der Waals surface area contributed by atoms with Crippen molar-refractivity contribution in [3.05, 3.63) is 48.6 Å². The first kappa shape index (κ1) is 62.8. The predicted octanol–water partition coefficient (Wildman–Crippen LogP) is 17.4. The number of nitrogens with one attached hydrogen (secondary N) is 1. The van der Waals surface area contributed by atoms with Crippen molar-refractivity contribution in [2.24, 2.45) is 0 Å². The van der Waals surface area contributed by atoms with E-state index in [1.165, 1.54) is 167 Å². The van der Waals surface area contributed by atoms with Crippen molar-refractivity contribution in [2.75, 3.05) is 6.61 Å². The minimum absolute atomic E-state index is 0.0523. The first-order valence-corrected chi connectivity index (χ1v) is 28.4. The van der Waals surface area contributed by atoms with E-state index in [4.69, 9.17) is 4.74 Å². The van der Waals surface area contributed by atoms with Crippen molar-refractivity contribution in [3.8, 4) is 0 Å². The number of aliphatic hydroxyl groups excluding tert-OH is 2. The van der Waals surface area contributed by atoms with Crippen LogP contribution in [0.5, 0.6) is 0 Å². The highest BCUT2D eigenvalue weighted by atomic mass is 16.5. The minimum atomic E-state index is -0.799. The fourth-order valence-electron chi connectivity index (χ4n) is 8.66. The average molecular weight is 913 g/mol. The fourth-order valence-corrected chi connectivity index (χ4v) is 8.66. The molecular weight excluding hydrogens is 803 g/mol. The van der Waals surface area contributed by atoms with Crippen LogP contribution in [-0.2, 0) is 14.3 Å². The first-order chi connectivity index (χ1) is 32.0. The lowest BCUT2D eigenvalue weighted by Crippen LogP contribution is -2.46. The molecule has 6 nitrogen and oxygen atoms in total. The molecule has 3 N–H and O–H groups in total. The average Bonchev–Trinajstić information content (AvgIpc) is 3.30. The van der Waals surface area contributed by atoms with Gasteiger partial charge in [-0.05, 0) is 70.6 Å². The number of aliphatic hydroxyl groups is 2. The van der Waals surface area contributed by atoms with Crippen molar-refractivity contribution in [1.29, 1.82) is 0 Å². The second kappa shape index (κ2) is 52.8. The lowest BCUT2D eigenvalue weighted by atomic mass is 10.0. The maximum atomic E-state index is 13.2. The second-order valence-corrected chi connectivity index (χ2v) is 19.4. The highest BCUT2D eigenvalue weighted by Gasteiger charge is 2.24. The SMILES string of the molecule is CC/C=C/C=C/C=C\CCCCCC(CC(=O)NC(CO)C(O)CCCCCCCCCCCCCCCCCCC)OC(=O)CCCCCCC/C=C/CCCCCCCCCCC. The fraction of sp³-hybridized carbons (Fsp3) is 0.831. The number of allylic oxidation sites excluding steroid dienone is 8. The molecular formula is C59H109NO5. The van der Waals surface area contributed by atoms with Gasteiger partial charge in [-0.25, -0.2) is 0 Å². The highest BCUT2D eigenvalue weighted by molar-refractivity contribution is 5.77. The molecule has 0 heterocycles. The Morgan fingerprint density at radius 3 is 1.31 bits per heavy atom. The molecule has 0 aromatic heterocycles. The van der Waals surface area contributed by atoms with Crippen LogP contribution in [0.1, 0.15) is 290 Å². The second-order valence-electron chi connectivity index (χ2n) is 19.4. The Bertz CT molecular complexity index is 1110. The zero-order valence-electron chi connectivity index (χ0n) is 43.4. The van der Waals surface area contributed by atoms with Gasteiger partial charge in [-0.1, -0.05) is 256 Å². The number of amides is 1. The maximum absolute atomic E-state index is 13.2. The van der Waals surface area contributed by atoms with Crippen LogP contribution in [-0.4, -0.2) is 46.9 Å². The van der Waals surface area contributed by atoms with E-state index < -0.39 is 18.2 Å². The third-order valence-corrected chi connectivity index (χ3v) is 13.0. The van der Waals surface area contributed by atoms with Crippen LogP contribution in [0.2, 0.25) is 0 Å². The van der Waals surface area contributed by atoms with Gasteiger partial charge in [0, 0.05) is 6.42 Å². The van der Waals surface area contributed by atoms with Gasteiger partial charge < -0.3 is 20.3 Å². The molecule has 3 atom stereocenters. The van der Waals surface area contributed by atoms with Crippen LogP contribution in [0.25, 0.3) is 0 Å². The van der Waals surface area contributed by atoms with E-state index in [0.29, 0.717) is 19.3 Å². The number of hydrogen-bond acceptors (Lipinski definition) is 5. The van der Waals surface area contributed by atoms with Gasteiger partial charge in [-0.3, -0.25) is 9.59 Å². The molecule has 0 fully saturated rings. The Balaban J connectivity index is 4.47. The van der Waals surface area contributed by atoms with E-state index in [1.54, 1.807) is 0 Å². The first-order valence-electron chi connectivity index (χ1n) is 28.4. The molecule has 3 unspecified atom stereocenters. The molecule has 0 aliphatic carbocycles. The minimum Gasteiger partial charge on any atom is -0.462 e. The summed E-state index contributed by atoms with van der Waals surface area (Å²) in [5.74, 6) is -0.510. The number of rotatable bonds is 51. The summed E-state index contributed by atoms with van der Waals surface area (Å²) in [7, 11) is 0. The van der Waals surface area contributed by atoms with E-state index in [9.17, 15) is 19.8 Å². The number of ether oxygens (including phenoxy) is 1. The van der Waals surface area contributed by atoms with Gasteiger partial charge >= 0.3 is 5.97 Å². The molecule has 6 heteroatoms. The molecule has 65 heavy (non-hydrogen) atoms. The molecule has 0 rings (SSSR count). The number of unbranched alkanes of at least 4 members (excludes halogenated alkanes) is 33. The van der Waals surface area contributed by atoms with Gasteiger partial charge in [0.1, 0.15) is 6.10 Å². The van der Waals surface area contributed by atoms with E-state index in [-0.39, 0.29) is 24.9 Å². The van der Waals surface area contributed by atoms with Gasteiger partial charge in [0.2, 0.25) is 5.91 Å². The summed E-state index contributed by atoms with van der Waals surface area (Å²) in [6.07, 6.45) is 64.7. The largest absolute Gasteiger partial charge is 0.462 e. The van der Waals surface area contributed by atoms with Crippen LogP contribution < -0.4 is 5.32 Å². The molecule has 1 amide bonds. The third-order valence-electron chi connectivity index (χ3n) is 13.0. The molecule has 0 aliphatic heterocycles. The standard InChI is InChI=1S/C59H109NO5/c1-4-7-10-13-16-19-22-24-26-28-30-32-34-37-40-43-46-49-52-59(64)65-55(50-47-44-41-38-35-21-18-15-12-9-6-3)53-58(63)60-56(54-61)57(62)51-48-45-42-39-36-33-31-29-27-25-23-20-17-14-11-8-5-2/h9,12,15,18,21,30,32,35,55-57,61-62H,4-8,10-11,13-14,16-17,19-20,22-29,31,33-34,36-54H2,1-3H3,(H,60,63)/b12-9+,18-15+,32-30+,35-21-. The molecule has 0 saturated heterocycles. The Kier molecular flexibility index (Phi) is 51.0. The monoisotopic (exact) mass is 912 g/mol. The predicted molar refractivity (Wildman–Crippen MR) is 282 cm³/mol. The summed E-state index contributed by atoms with van der Waals surface area (Å²) in [4.78, 5) is 26.2. The molecule has 0 bridgehead atoms. The summed E-state index contributed by atoms with van der Waals surface area (Å²) in [5.41, 5.74) is 0. The molecule has 0 aromatic carbocycles. The Morgan fingerprint density at radius 1 is 0.462 bits per heavy atom. The highest BCUT2D eigenvalue weighted by Crippen LogP contribution is 2.18. The summed E-state index contributed by atoms with van der Waals surface area (Å²) < 4.78 is 5.93. The number of esters is 1. The van der Waals surface area contributed by atoms with Crippen molar-refractivity contribution in [3.63, 3.8) is 0 Å². The van der Waals surface area contributed by atoms with Crippen LogP contribution in [0.4, 0.5) is 0 Å². The topological polar surface area (TPSA) is 95.9 Å². The maximum Gasteiger partial charge on any atom is 0.306 e. The van der Waals surface area contributed by atoms with E-state index in [2.05, 4.69) is 68.6 Å². The van der Waals surface area contributed by atoms with E-state index >= 15 is 0 Å². The summed E-state index contributed by atoms with van der Waals surface area (Å²) in [5, 5.41) is 23.8. The van der Waals surface area contributed by atoms with Gasteiger partial charge in [0.05, 0.1) is 25.2 Å². The van der Waals surface area contributed by atoms with Gasteiger partial charge in [0.25, 0.3) is 0 Å². The summed E-state index contributed by atoms with van der Waals surface area (Å²) in [6, 6.07) is -0.714. The lowest BCUT2D eigenvalue weighted by Gasteiger charge is -2.24. The van der Waals surface area contributed by atoms with Crippen molar-refractivity contribution in [1.82, 2.24) is 5.32 Å². The van der Waals surface area contributed by atoms with E-state index in [1.807, 2.05) is 6.08 Å². The quantitative estimate of drug-likeness (QED) is 0.0245. The summed E-state index contributed by atoms with van der Waals surface area (Å²) >= 11 is 0. The number of carbonyl (C=O) groups excluding carboxylic acids is 2. The lowest BCUT2D eigenvalue weighted by molar-refractivity contribution is -0.151. The van der Waals surface area contributed by atoms with Crippen LogP contribution >= 0.6 is 0 Å². The molecule has 0 spiro atoms. The van der Waals surface area contributed by atoms with Crippen LogP contribution in [0.3, 0.4) is 0 Å². The van der Waals surface area contributed by atoms with E-state index in [0.717, 1.165) is 77.0 Å². The Morgan fingerprint density at radius 2 is 0.846 bits per heavy atom. The Labute approximate surface area is 404 Å². The van der Waals surface area contributed by atoms with Gasteiger partial charge in [-0.2, -0.15) is 0 Å². The van der Waals surface area contributed by atoms with Crippen molar-refractivity contribution >= 4 is 11.9 Å². The molecule has 380 valence electrons.